The molecule has 0 aromatic rings. The molecule has 34 heavy (non-hydrogen) atoms. The van der Waals surface area contributed by atoms with E-state index in [9.17, 15) is 28.8 Å². The second-order valence-corrected chi connectivity index (χ2v) is 9.63. The van der Waals surface area contributed by atoms with Gasteiger partial charge in [0.1, 0.15) is 0 Å². The summed E-state index contributed by atoms with van der Waals surface area (Å²) in [6.45, 7) is 2.20. The second-order valence-electron chi connectivity index (χ2n) is 8.47. The van der Waals surface area contributed by atoms with Gasteiger partial charge in [-0.25, -0.2) is 9.36 Å². The van der Waals surface area contributed by atoms with Gasteiger partial charge in [-0.2, -0.15) is 0 Å². The number of carboxylic acid groups (broad SMARTS) is 2. The number of aliphatic carboxylic acids is 2. The van der Waals surface area contributed by atoms with E-state index in [2.05, 4.69) is 16.2 Å². The standard InChI is InChI=1S/C22H39O11P/c1-2-3-4-5-6-7-8-9-10-11-12-13-14-15-19(25)32-20(26)17-22(21(27)28,16-18(23)24)33-34(29,30)31/h2-17H2,1H3,(H,23,24)(H,27,28)(H2,29,30,31). The summed E-state index contributed by atoms with van der Waals surface area (Å²) in [7, 11) is -5.47. The minimum atomic E-state index is -5.47. The number of hydrogen-bond donors (Lipinski definition) is 4. The molecule has 0 aliphatic rings. The lowest BCUT2D eigenvalue weighted by Gasteiger charge is -2.26. The highest BCUT2D eigenvalue weighted by Crippen LogP contribution is 2.44. The Morgan fingerprint density at radius 3 is 1.53 bits per heavy atom. The molecule has 11 nitrogen and oxygen atoms in total. The molecule has 0 spiro atoms. The first-order chi connectivity index (χ1) is 15.9. The summed E-state index contributed by atoms with van der Waals surface area (Å²) >= 11 is 0. The Labute approximate surface area is 200 Å². The molecule has 4 N–H and O–H groups in total. The van der Waals surface area contributed by atoms with E-state index < -0.39 is 50.1 Å². The van der Waals surface area contributed by atoms with Crippen molar-refractivity contribution in [2.45, 2.75) is 115 Å². The Hall–Kier alpha value is -1.81. The maximum atomic E-state index is 11.9. The molecule has 1 unspecified atom stereocenters. The largest absolute Gasteiger partial charge is 0.481 e. The van der Waals surface area contributed by atoms with E-state index in [-0.39, 0.29) is 6.42 Å². The molecule has 0 aliphatic carbocycles. The molecule has 0 radical (unpaired) electrons. The van der Waals surface area contributed by atoms with Gasteiger partial charge in [0.2, 0.25) is 0 Å². The molecule has 0 aromatic heterocycles. The van der Waals surface area contributed by atoms with E-state index in [1.54, 1.807) is 0 Å². The van der Waals surface area contributed by atoms with Gasteiger partial charge in [-0.1, -0.05) is 84.0 Å². The van der Waals surface area contributed by atoms with Crippen LogP contribution >= 0.6 is 7.82 Å². The van der Waals surface area contributed by atoms with Crippen LogP contribution in [-0.4, -0.2) is 49.5 Å². The first kappa shape index (κ1) is 32.2. The lowest BCUT2D eigenvalue weighted by molar-refractivity contribution is -0.173. The lowest BCUT2D eigenvalue weighted by atomic mass is 9.96. The van der Waals surface area contributed by atoms with Crippen LogP contribution in [0.4, 0.5) is 0 Å². The molecule has 0 fully saturated rings. The van der Waals surface area contributed by atoms with Crippen LogP contribution in [0.2, 0.25) is 0 Å². The Morgan fingerprint density at radius 2 is 1.15 bits per heavy atom. The van der Waals surface area contributed by atoms with E-state index >= 15 is 0 Å². The minimum Gasteiger partial charge on any atom is -0.481 e. The number of carbonyl (C=O) groups excluding carboxylic acids is 2. The van der Waals surface area contributed by atoms with E-state index in [0.29, 0.717) is 6.42 Å². The molecule has 0 aliphatic heterocycles. The van der Waals surface area contributed by atoms with Crippen LogP contribution in [0, 0.1) is 0 Å². The van der Waals surface area contributed by atoms with Crippen LogP contribution in [0.1, 0.15) is 110 Å². The molecule has 0 saturated heterocycles. The van der Waals surface area contributed by atoms with Gasteiger partial charge in [0.15, 0.2) is 5.60 Å². The Morgan fingerprint density at radius 1 is 0.706 bits per heavy atom. The van der Waals surface area contributed by atoms with Crippen LogP contribution in [-0.2, 0) is 33.0 Å². The van der Waals surface area contributed by atoms with Crippen LogP contribution in [0.15, 0.2) is 0 Å². The summed E-state index contributed by atoms with van der Waals surface area (Å²) in [5.74, 6) is -6.24. The predicted molar refractivity (Wildman–Crippen MR) is 122 cm³/mol. The summed E-state index contributed by atoms with van der Waals surface area (Å²) in [5, 5.41) is 18.1. The van der Waals surface area contributed by atoms with Gasteiger partial charge in [-0.15, -0.1) is 0 Å². The number of hydrogen-bond acceptors (Lipinski definition) is 7. The molecule has 0 rings (SSSR count). The monoisotopic (exact) mass is 510 g/mol. The zero-order valence-corrected chi connectivity index (χ0v) is 20.8. The molecular formula is C22H39O11P. The fourth-order valence-corrected chi connectivity index (χ4v) is 4.19. The number of phosphoric ester groups is 1. The first-order valence-corrected chi connectivity index (χ1v) is 13.4. The smallest absolute Gasteiger partial charge is 0.470 e. The van der Waals surface area contributed by atoms with E-state index in [1.165, 1.54) is 51.4 Å². The molecule has 0 aromatic carbocycles. The van der Waals surface area contributed by atoms with Crippen molar-refractivity contribution in [1.82, 2.24) is 0 Å². The third kappa shape index (κ3) is 16.7. The van der Waals surface area contributed by atoms with Crippen molar-refractivity contribution in [2.24, 2.45) is 0 Å². The number of unbranched alkanes of at least 4 members (excludes halogenated alkanes) is 12. The van der Waals surface area contributed by atoms with Crippen molar-refractivity contribution >= 4 is 31.7 Å². The Bertz CT molecular complexity index is 688. The molecule has 0 saturated carbocycles. The van der Waals surface area contributed by atoms with E-state index in [1.807, 2.05) is 0 Å². The number of rotatable bonds is 21. The fraction of sp³-hybridized carbons (Fsp3) is 0.818. The molecular weight excluding hydrogens is 471 g/mol. The molecule has 1 atom stereocenters. The van der Waals surface area contributed by atoms with Crippen LogP contribution < -0.4 is 0 Å². The average Bonchev–Trinajstić information content (AvgIpc) is 2.69. The maximum absolute atomic E-state index is 11.9. The second kappa shape index (κ2) is 17.6. The quantitative estimate of drug-likeness (QED) is 0.0745. The van der Waals surface area contributed by atoms with Gasteiger partial charge in [-0.3, -0.25) is 18.9 Å². The maximum Gasteiger partial charge on any atom is 0.470 e. The van der Waals surface area contributed by atoms with Gasteiger partial charge >= 0.3 is 31.7 Å². The zero-order chi connectivity index (χ0) is 26.0. The van der Waals surface area contributed by atoms with Crippen molar-refractivity contribution in [1.29, 1.82) is 0 Å². The van der Waals surface area contributed by atoms with Crippen molar-refractivity contribution in [3.63, 3.8) is 0 Å². The molecule has 0 heterocycles. The van der Waals surface area contributed by atoms with Crippen molar-refractivity contribution in [3.05, 3.63) is 0 Å². The first-order valence-electron chi connectivity index (χ1n) is 11.9. The zero-order valence-electron chi connectivity index (χ0n) is 19.9. The molecule has 198 valence electrons. The lowest BCUT2D eigenvalue weighted by Crippen LogP contribution is -2.45. The number of ether oxygens (including phenoxy) is 1. The fourth-order valence-electron chi connectivity index (χ4n) is 3.52. The summed E-state index contributed by atoms with van der Waals surface area (Å²) < 4.78 is 19.7. The summed E-state index contributed by atoms with van der Waals surface area (Å²) in [5.41, 5.74) is -3.07. The Kier molecular flexibility index (Phi) is 16.7. The average molecular weight is 511 g/mol. The van der Waals surface area contributed by atoms with E-state index in [0.717, 1.165) is 25.7 Å². The Balaban J connectivity index is 4.19. The summed E-state index contributed by atoms with van der Waals surface area (Å²) in [6.07, 6.45) is 11.6. The van der Waals surface area contributed by atoms with Crippen LogP contribution in [0.25, 0.3) is 0 Å². The van der Waals surface area contributed by atoms with Crippen LogP contribution in [0.3, 0.4) is 0 Å². The van der Waals surface area contributed by atoms with Crippen molar-refractivity contribution in [2.75, 3.05) is 0 Å². The normalized spacial score (nSPS) is 13.3. The van der Waals surface area contributed by atoms with Crippen molar-refractivity contribution in [3.8, 4) is 0 Å². The molecule has 12 heteroatoms. The van der Waals surface area contributed by atoms with Crippen molar-refractivity contribution < 1.29 is 53.0 Å². The van der Waals surface area contributed by atoms with Gasteiger partial charge in [0.25, 0.3) is 0 Å². The highest BCUT2D eigenvalue weighted by molar-refractivity contribution is 7.46. The number of carbonyl (C=O) groups is 4. The van der Waals surface area contributed by atoms with Gasteiger partial charge < -0.3 is 24.7 Å². The minimum absolute atomic E-state index is 0.0954. The summed E-state index contributed by atoms with van der Waals surface area (Å²) in [6, 6.07) is 0. The van der Waals surface area contributed by atoms with Gasteiger partial charge in [0, 0.05) is 6.42 Å². The summed E-state index contributed by atoms with van der Waals surface area (Å²) in [4.78, 5) is 64.0. The topological polar surface area (TPSA) is 185 Å². The third-order valence-electron chi connectivity index (χ3n) is 5.26. The highest BCUT2D eigenvalue weighted by Gasteiger charge is 2.49. The van der Waals surface area contributed by atoms with Gasteiger partial charge in [0.05, 0.1) is 12.8 Å². The molecule has 0 amide bonds. The predicted octanol–water partition coefficient (Wildman–Crippen LogP) is 4.34. The van der Waals surface area contributed by atoms with Gasteiger partial charge in [-0.05, 0) is 6.42 Å². The SMILES string of the molecule is CCCCCCCCCCCCCCCC(=O)OC(=O)CC(CC(=O)O)(OP(=O)(O)O)C(=O)O. The van der Waals surface area contributed by atoms with E-state index in [4.69, 9.17) is 14.9 Å². The molecule has 0 bridgehead atoms. The third-order valence-corrected chi connectivity index (χ3v) is 5.85. The van der Waals surface area contributed by atoms with Crippen LogP contribution in [0.5, 0.6) is 0 Å². The number of carboxylic acids is 2. The number of esters is 2. The number of phosphoric acid groups is 1. The highest BCUT2D eigenvalue weighted by atomic mass is 31.2.